The summed E-state index contributed by atoms with van der Waals surface area (Å²) >= 11 is 0. The third kappa shape index (κ3) is 6.16. The van der Waals surface area contributed by atoms with Crippen molar-refractivity contribution >= 4 is 0 Å². The number of likely N-dealkylation sites (tertiary alicyclic amines) is 1. The van der Waals surface area contributed by atoms with Crippen molar-refractivity contribution in [2.24, 2.45) is 5.92 Å². The summed E-state index contributed by atoms with van der Waals surface area (Å²) < 4.78 is 0. The van der Waals surface area contributed by atoms with Gasteiger partial charge in [-0.3, -0.25) is 0 Å². The zero-order chi connectivity index (χ0) is 10.9. The van der Waals surface area contributed by atoms with E-state index in [2.05, 4.69) is 24.1 Å². The van der Waals surface area contributed by atoms with Gasteiger partial charge in [0.2, 0.25) is 0 Å². The van der Waals surface area contributed by atoms with Crippen molar-refractivity contribution in [1.82, 2.24) is 10.2 Å². The van der Waals surface area contributed by atoms with Gasteiger partial charge in [-0.25, -0.2) is 0 Å². The van der Waals surface area contributed by atoms with Gasteiger partial charge in [0.25, 0.3) is 0 Å². The summed E-state index contributed by atoms with van der Waals surface area (Å²) in [6.07, 6.45) is 6.80. The van der Waals surface area contributed by atoms with Crippen LogP contribution in [-0.2, 0) is 0 Å². The Bertz CT molecular complexity index is 147. The molecular formula is C13H28N2. The largest absolute Gasteiger partial charge is 0.317 e. The molecule has 1 N–H and O–H groups in total. The molecule has 1 aliphatic heterocycles. The summed E-state index contributed by atoms with van der Waals surface area (Å²) in [7, 11) is 0. The minimum Gasteiger partial charge on any atom is -0.317 e. The van der Waals surface area contributed by atoms with Crippen LogP contribution in [0.5, 0.6) is 0 Å². The van der Waals surface area contributed by atoms with Crippen molar-refractivity contribution in [3.05, 3.63) is 0 Å². The Hall–Kier alpha value is -0.0800. The summed E-state index contributed by atoms with van der Waals surface area (Å²) in [5.41, 5.74) is 0. The van der Waals surface area contributed by atoms with Gasteiger partial charge in [0.1, 0.15) is 0 Å². The molecule has 1 saturated heterocycles. The van der Waals surface area contributed by atoms with E-state index in [0.717, 1.165) is 5.92 Å². The Kier molecular flexibility index (Phi) is 7.03. The second kappa shape index (κ2) is 8.12. The molecule has 0 radical (unpaired) electrons. The maximum absolute atomic E-state index is 3.46. The van der Waals surface area contributed by atoms with E-state index in [-0.39, 0.29) is 0 Å². The highest BCUT2D eigenvalue weighted by Crippen LogP contribution is 2.15. The highest BCUT2D eigenvalue weighted by atomic mass is 15.1. The molecule has 0 bridgehead atoms. The smallest absolute Gasteiger partial charge is 0.000750 e. The second-order valence-electron chi connectivity index (χ2n) is 5.01. The van der Waals surface area contributed by atoms with Gasteiger partial charge in [0.15, 0.2) is 0 Å². The lowest BCUT2D eigenvalue weighted by Crippen LogP contribution is -2.22. The van der Waals surface area contributed by atoms with Crippen LogP contribution >= 0.6 is 0 Å². The van der Waals surface area contributed by atoms with Crippen LogP contribution in [0.25, 0.3) is 0 Å². The van der Waals surface area contributed by atoms with Crippen LogP contribution in [0.4, 0.5) is 0 Å². The van der Waals surface area contributed by atoms with Gasteiger partial charge in [-0.15, -0.1) is 0 Å². The average molecular weight is 212 g/mol. The lowest BCUT2D eigenvalue weighted by molar-refractivity contribution is 0.318. The summed E-state index contributed by atoms with van der Waals surface area (Å²) in [5.74, 6) is 0.941. The quantitative estimate of drug-likeness (QED) is 0.622. The Morgan fingerprint density at radius 2 is 2.07 bits per heavy atom. The van der Waals surface area contributed by atoms with Crippen molar-refractivity contribution in [1.29, 1.82) is 0 Å². The minimum absolute atomic E-state index is 0.941. The number of unbranched alkanes of at least 4 members (excludes halogenated alkanes) is 2. The topological polar surface area (TPSA) is 15.3 Å². The Morgan fingerprint density at radius 3 is 2.73 bits per heavy atom. The molecule has 90 valence electrons. The maximum Gasteiger partial charge on any atom is 0.000750 e. The van der Waals surface area contributed by atoms with Crippen LogP contribution in [0.1, 0.15) is 46.0 Å². The van der Waals surface area contributed by atoms with Gasteiger partial charge in [0, 0.05) is 6.54 Å². The number of nitrogens with zero attached hydrogens (tertiary/aromatic N) is 1. The molecule has 0 aliphatic carbocycles. The fraction of sp³-hybridized carbons (Fsp3) is 1.00. The number of rotatable bonds is 8. The SMILES string of the molecule is CCCNCCCCCN1CCC(C)C1. The van der Waals surface area contributed by atoms with E-state index in [9.17, 15) is 0 Å². The molecule has 1 unspecified atom stereocenters. The molecule has 1 rings (SSSR count). The molecule has 15 heavy (non-hydrogen) atoms. The zero-order valence-corrected chi connectivity index (χ0v) is 10.6. The minimum atomic E-state index is 0.941. The Labute approximate surface area is 95.4 Å². The van der Waals surface area contributed by atoms with E-state index in [4.69, 9.17) is 0 Å². The Morgan fingerprint density at radius 1 is 1.20 bits per heavy atom. The number of nitrogens with one attached hydrogen (secondary N) is 1. The first-order chi connectivity index (χ1) is 7.33. The van der Waals surface area contributed by atoms with Crippen molar-refractivity contribution in [2.45, 2.75) is 46.0 Å². The molecule has 0 aromatic carbocycles. The van der Waals surface area contributed by atoms with Crippen LogP contribution < -0.4 is 5.32 Å². The Balaban J connectivity index is 1.81. The van der Waals surface area contributed by atoms with E-state index in [1.54, 1.807) is 0 Å². The normalized spacial score (nSPS) is 22.4. The van der Waals surface area contributed by atoms with Crippen molar-refractivity contribution in [3.63, 3.8) is 0 Å². The highest BCUT2D eigenvalue weighted by Gasteiger charge is 2.17. The van der Waals surface area contributed by atoms with Gasteiger partial charge in [0.05, 0.1) is 0 Å². The number of hydrogen-bond donors (Lipinski definition) is 1. The van der Waals surface area contributed by atoms with Crippen LogP contribution in [0.2, 0.25) is 0 Å². The third-order valence-corrected chi connectivity index (χ3v) is 3.26. The summed E-state index contributed by atoms with van der Waals surface area (Å²) in [5, 5.41) is 3.46. The second-order valence-corrected chi connectivity index (χ2v) is 5.01. The van der Waals surface area contributed by atoms with Crippen LogP contribution in [0.15, 0.2) is 0 Å². The van der Waals surface area contributed by atoms with E-state index in [1.807, 2.05) is 0 Å². The molecule has 1 heterocycles. The molecule has 1 aliphatic rings. The lowest BCUT2D eigenvalue weighted by Gasteiger charge is -2.14. The zero-order valence-electron chi connectivity index (χ0n) is 10.6. The third-order valence-electron chi connectivity index (χ3n) is 3.26. The van der Waals surface area contributed by atoms with Crippen LogP contribution in [-0.4, -0.2) is 37.6 Å². The first-order valence-electron chi connectivity index (χ1n) is 6.76. The van der Waals surface area contributed by atoms with Crippen molar-refractivity contribution < 1.29 is 0 Å². The molecule has 2 heteroatoms. The van der Waals surface area contributed by atoms with E-state index >= 15 is 0 Å². The molecule has 0 spiro atoms. The van der Waals surface area contributed by atoms with Gasteiger partial charge in [-0.2, -0.15) is 0 Å². The van der Waals surface area contributed by atoms with Gasteiger partial charge in [-0.05, 0) is 57.8 Å². The maximum atomic E-state index is 3.46. The van der Waals surface area contributed by atoms with Crippen LogP contribution in [0, 0.1) is 5.92 Å². The highest BCUT2D eigenvalue weighted by molar-refractivity contribution is 4.71. The standard InChI is InChI=1S/C13H28N2/c1-3-8-14-9-5-4-6-10-15-11-7-13(2)12-15/h13-14H,3-12H2,1-2H3. The van der Waals surface area contributed by atoms with Crippen molar-refractivity contribution in [3.8, 4) is 0 Å². The molecular weight excluding hydrogens is 184 g/mol. The molecule has 0 aromatic rings. The first kappa shape index (κ1) is 13.0. The monoisotopic (exact) mass is 212 g/mol. The van der Waals surface area contributed by atoms with Crippen molar-refractivity contribution in [2.75, 3.05) is 32.7 Å². The molecule has 1 fully saturated rings. The molecule has 0 saturated carbocycles. The molecule has 0 aromatic heterocycles. The van der Waals surface area contributed by atoms with Gasteiger partial charge >= 0.3 is 0 Å². The lowest BCUT2D eigenvalue weighted by atomic mass is 10.2. The molecule has 1 atom stereocenters. The van der Waals surface area contributed by atoms with E-state index < -0.39 is 0 Å². The molecule has 0 amide bonds. The fourth-order valence-electron chi connectivity index (χ4n) is 2.29. The van der Waals surface area contributed by atoms with E-state index in [0.29, 0.717) is 0 Å². The average Bonchev–Trinajstić information content (AvgIpc) is 2.63. The van der Waals surface area contributed by atoms with Gasteiger partial charge in [-0.1, -0.05) is 20.3 Å². The number of hydrogen-bond acceptors (Lipinski definition) is 2. The molecule has 2 nitrogen and oxygen atoms in total. The first-order valence-corrected chi connectivity index (χ1v) is 6.76. The van der Waals surface area contributed by atoms with Gasteiger partial charge < -0.3 is 10.2 Å². The van der Waals surface area contributed by atoms with Crippen LogP contribution in [0.3, 0.4) is 0 Å². The predicted molar refractivity (Wildman–Crippen MR) is 67.2 cm³/mol. The summed E-state index contributed by atoms with van der Waals surface area (Å²) in [6.45, 7) is 11.0. The van der Waals surface area contributed by atoms with E-state index in [1.165, 1.54) is 64.8 Å². The summed E-state index contributed by atoms with van der Waals surface area (Å²) in [6, 6.07) is 0. The fourth-order valence-corrected chi connectivity index (χ4v) is 2.29. The summed E-state index contributed by atoms with van der Waals surface area (Å²) in [4.78, 5) is 2.63. The predicted octanol–water partition coefficient (Wildman–Crippen LogP) is 2.50.